The zero-order valence-electron chi connectivity index (χ0n) is 16.1. The second-order valence-corrected chi connectivity index (χ2v) is 8.23. The van der Waals surface area contributed by atoms with E-state index in [9.17, 15) is 9.59 Å². The van der Waals surface area contributed by atoms with Crippen molar-refractivity contribution in [1.29, 1.82) is 0 Å². The van der Waals surface area contributed by atoms with Gasteiger partial charge in [0.25, 0.3) is 11.8 Å². The highest BCUT2D eigenvalue weighted by molar-refractivity contribution is 8.04. The summed E-state index contributed by atoms with van der Waals surface area (Å²) in [5.41, 5.74) is 1.15. The van der Waals surface area contributed by atoms with Crippen LogP contribution in [0.5, 0.6) is 5.75 Å². The standard InChI is InChI=1S/C22H22ClNO3S/c1-4-13-24-21(25)19(15-5-9-17(10-6-15)27-14(2)3)20(22(24)26)28-18-11-7-16(23)8-12-18/h5-12,14H,4,13H2,1-3H3. The Morgan fingerprint density at radius 3 is 2.21 bits per heavy atom. The molecule has 2 aromatic rings. The zero-order valence-corrected chi connectivity index (χ0v) is 17.6. The van der Waals surface area contributed by atoms with Gasteiger partial charge in [0, 0.05) is 16.5 Å². The summed E-state index contributed by atoms with van der Waals surface area (Å²) in [6, 6.07) is 14.5. The van der Waals surface area contributed by atoms with Crippen LogP contribution in [-0.4, -0.2) is 29.4 Å². The van der Waals surface area contributed by atoms with E-state index in [2.05, 4.69) is 0 Å². The third kappa shape index (κ3) is 4.42. The van der Waals surface area contributed by atoms with E-state index < -0.39 is 0 Å². The normalized spacial score (nSPS) is 14.4. The molecule has 1 aliphatic heterocycles. The van der Waals surface area contributed by atoms with Gasteiger partial charge < -0.3 is 4.74 Å². The molecule has 0 saturated heterocycles. The number of benzene rings is 2. The van der Waals surface area contributed by atoms with Crippen molar-refractivity contribution in [3.63, 3.8) is 0 Å². The van der Waals surface area contributed by atoms with Crippen LogP contribution in [-0.2, 0) is 9.59 Å². The van der Waals surface area contributed by atoms with E-state index in [1.54, 1.807) is 12.1 Å². The summed E-state index contributed by atoms with van der Waals surface area (Å²) in [6.45, 7) is 6.27. The first-order valence-corrected chi connectivity index (χ1v) is 10.4. The Kier molecular flexibility index (Phi) is 6.47. The minimum atomic E-state index is -0.249. The highest BCUT2D eigenvalue weighted by atomic mass is 35.5. The van der Waals surface area contributed by atoms with Crippen molar-refractivity contribution in [2.45, 2.75) is 38.2 Å². The van der Waals surface area contributed by atoms with Crippen LogP contribution in [0.3, 0.4) is 0 Å². The number of ether oxygens (including phenoxy) is 1. The summed E-state index contributed by atoms with van der Waals surface area (Å²) in [7, 11) is 0. The van der Waals surface area contributed by atoms with Gasteiger partial charge in [-0.15, -0.1) is 0 Å². The average Bonchev–Trinajstić information content (AvgIpc) is 2.89. The minimum absolute atomic E-state index is 0.0656. The largest absolute Gasteiger partial charge is 0.491 e. The average molecular weight is 416 g/mol. The number of nitrogens with zero attached hydrogens (tertiary/aromatic N) is 1. The minimum Gasteiger partial charge on any atom is -0.491 e. The molecule has 0 atom stereocenters. The van der Waals surface area contributed by atoms with E-state index in [-0.39, 0.29) is 17.9 Å². The van der Waals surface area contributed by atoms with Crippen LogP contribution in [0.2, 0.25) is 5.02 Å². The lowest BCUT2D eigenvalue weighted by molar-refractivity contribution is -0.136. The fraction of sp³-hybridized carbons (Fsp3) is 0.273. The van der Waals surface area contributed by atoms with E-state index in [0.29, 0.717) is 34.0 Å². The Morgan fingerprint density at radius 2 is 1.64 bits per heavy atom. The van der Waals surface area contributed by atoms with Crippen molar-refractivity contribution >= 4 is 40.8 Å². The number of carbonyl (C=O) groups excluding carboxylic acids is 2. The van der Waals surface area contributed by atoms with Crippen molar-refractivity contribution in [2.75, 3.05) is 6.54 Å². The maximum atomic E-state index is 13.0. The summed E-state index contributed by atoms with van der Waals surface area (Å²) in [4.78, 5) is 28.6. The first kappa shape index (κ1) is 20.5. The second-order valence-electron chi connectivity index (χ2n) is 6.71. The molecule has 0 spiro atoms. The molecule has 6 heteroatoms. The van der Waals surface area contributed by atoms with Crippen LogP contribution in [0.4, 0.5) is 0 Å². The SMILES string of the molecule is CCCN1C(=O)C(Sc2ccc(Cl)cc2)=C(c2ccc(OC(C)C)cc2)C1=O. The maximum Gasteiger partial charge on any atom is 0.268 e. The lowest BCUT2D eigenvalue weighted by Gasteiger charge is -2.13. The van der Waals surface area contributed by atoms with Crippen LogP contribution < -0.4 is 4.74 Å². The van der Waals surface area contributed by atoms with Crippen LogP contribution in [0, 0.1) is 0 Å². The molecule has 0 N–H and O–H groups in total. The number of hydrogen-bond donors (Lipinski definition) is 0. The van der Waals surface area contributed by atoms with Crippen LogP contribution >= 0.6 is 23.4 Å². The van der Waals surface area contributed by atoms with Crippen molar-refractivity contribution < 1.29 is 14.3 Å². The van der Waals surface area contributed by atoms with Gasteiger partial charge in [0.2, 0.25) is 0 Å². The molecule has 0 aromatic heterocycles. The third-order valence-electron chi connectivity index (χ3n) is 4.12. The van der Waals surface area contributed by atoms with Gasteiger partial charge in [-0.2, -0.15) is 0 Å². The molecule has 146 valence electrons. The molecular formula is C22H22ClNO3S. The first-order valence-electron chi connectivity index (χ1n) is 9.21. The van der Waals surface area contributed by atoms with Crippen molar-refractivity contribution in [3.8, 4) is 5.75 Å². The molecule has 0 fully saturated rings. The van der Waals surface area contributed by atoms with Gasteiger partial charge >= 0.3 is 0 Å². The molecule has 3 rings (SSSR count). The highest BCUT2D eigenvalue weighted by Gasteiger charge is 2.38. The van der Waals surface area contributed by atoms with Gasteiger partial charge in [-0.05, 0) is 62.2 Å². The molecule has 1 heterocycles. The smallest absolute Gasteiger partial charge is 0.268 e. The van der Waals surface area contributed by atoms with Crippen molar-refractivity contribution in [2.24, 2.45) is 0 Å². The van der Waals surface area contributed by atoms with Gasteiger partial charge in [0.15, 0.2) is 0 Å². The molecule has 0 radical (unpaired) electrons. The molecule has 4 nitrogen and oxygen atoms in total. The first-order chi connectivity index (χ1) is 13.4. The second kappa shape index (κ2) is 8.84. The highest BCUT2D eigenvalue weighted by Crippen LogP contribution is 2.40. The van der Waals surface area contributed by atoms with E-state index in [1.807, 2.05) is 57.2 Å². The molecule has 2 aromatic carbocycles. The fourth-order valence-electron chi connectivity index (χ4n) is 2.92. The molecule has 2 amide bonds. The van der Waals surface area contributed by atoms with E-state index in [4.69, 9.17) is 16.3 Å². The van der Waals surface area contributed by atoms with Crippen LogP contribution in [0.15, 0.2) is 58.3 Å². The summed E-state index contributed by atoms with van der Waals surface area (Å²) < 4.78 is 5.68. The van der Waals surface area contributed by atoms with Gasteiger partial charge in [0.1, 0.15) is 5.75 Å². The van der Waals surface area contributed by atoms with E-state index in [0.717, 1.165) is 10.6 Å². The summed E-state index contributed by atoms with van der Waals surface area (Å²) in [5, 5.41) is 0.626. The Labute approximate surface area is 174 Å². The van der Waals surface area contributed by atoms with Crippen LogP contribution in [0.25, 0.3) is 5.57 Å². The van der Waals surface area contributed by atoms with E-state index >= 15 is 0 Å². The zero-order chi connectivity index (χ0) is 20.3. The summed E-state index contributed by atoms with van der Waals surface area (Å²) in [5.74, 6) is 0.235. The Morgan fingerprint density at radius 1 is 1.00 bits per heavy atom. The molecule has 0 unspecified atom stereocenters. The van der Waals surface area contributed by atoms with Gasteiger partial charge in [-0.1, -0.05) is 42.4 Å². The molecule has 28 heavy (non-hydrogen) atoms. The molecule has 0 saturated carbocycles. The van der Waals surface area contributed by atoms with Gasteiger partial charge in [-0.25, -0.2) is 0 Å². The van der Waals surface area contributed by atoms with Crippen molar-refractivity contribution in [3.05, 3.63) is 64.0 Å². The number of thioether (sulfide) groups is 1. The van der Waals surface area contributed by atoms with Crippen LogP contribution in [0.1, 0.15) is 32.8 Å². The summed E-state index contributed by atoms with van der Waals surface area (Å²) >= 11 is 7.25. The monoisotopic (exact) mass is 415 g/mol. The lowest BCUT2D eigenvalue weighted by atomic mass is 10.1. The quantitative estimate of drug-likeness (QED) is 0.567. The predicted molar refractivity (Wildman–Crippen MR) is 113 cm³/mol. The number of amides is 2. The maximum absolute atomic E-state index is 13.0. The molecule has 1 aliphatic rings. The fourth-order valence-corrected chi connectivity index (χ4v) is 4.06. The number of rotatable bonds is 7. The number of carbonyl (C=O) groups is 2. The number of imide groups is 1. The topological polar surface area (TPSA) is 46.6 Å². The Bertz CT molecular complexity index is 904. The molecule has 0 bridgehead atoms. The number of halogens is 1. The predicted octanol–water partition coefficient (Wildman–Crippen LogP) is 5.41. The lowest BCUT2D eigenvalue weighted by Crippen LogP contribution is -2.32. The summed E-state index contributed by atoms with van der Waals surface area (Å²) in [6.07, 6.45) is 0.779. The Hall–Kier alpha value is -2.24. The van der Waals surface area contributed by atoms with Gasteiger partial charge in [0.05, 0.1) is 16.6 Å². The number of hydrogen-bond acceptors (Lipinski definition) is 4. The molecular weight excluding hydrogens is 394 g/mol. The van der Waals surface area contributed by atoms with Crippen molar-refractivity contribution in [1.82, 2.24) is 4.90 Å². The molecule has 0 aliphatic carbocycles. The van der Waals surface area contributed by atoms with E-state index in [1.165, 1.54) is 16.7 Å². The van der Waals surface area contributed by atoms with Gasteiger partial charge in [-0.3, -0.25) is 14.5 Å². The third-order valence-corrected chi connectivity index (χ3v) is 5.46. The Balaban J connectivity index is 1.99.